The number of ether oxygens (including phenoxy) is 2. The van der Waals surface area contributed by atoms with E-state index in [2.05, 4.69) is 4.90 Å². The molecule has 4 rings (SSSR count). The van der Waals surface area contributed by atoms with Crippen LogP contribution in [0.1, 0.15) is 5.76 Å². The van der Waals surface area contributed by atoms with E-state index in [1.807, 2.05) is 12.1 Å². The highest BCUT2D eigenvalue weighted by Crippen LogP contribution is 2.27. The van der Waals surface area contributed by atoms with Crippen molar-refractivity contribution in [1.82, 2.24) is 9.80 Å². The molecule has 8 nitrogen and oxygen atoms in total. The molecule has 0 saturated carbocycles. The van der Waals surface area contributed by atoms with Crippen molar-refractivity contribution < 1.29 is 23.8 Å². The van der Waals surface area contributed by atoms with E-state index in [1.165, 1.54) is 0 Å². The van der Waals surface area contributed by atoms with Gasteiger partial charge in [0.05, 0.1) is 24.7 Å². The molecule has 174 valence electrons. The number of aryl methyl sites for hydroxylation is 1. The lowest BCUT2D eigenvalue weighted by atomic mass is 10.0. The van der Waals surface area contributed by atoms with Crippen LogP contribution in [-0.4, -0.2) is 73.9 Å². The zero-order valence-corrected chi connectivity index (χ0v) is 18.9. The number of hydrogen-bond acceptors (Lipinski definition) is 7. The Morgan fingerprint density at radius 3 is 2.42 bits per heavy atom. The van der Waals surface area contributed by atoms with Crippen LogP contribution in [0.4, 0.5) is 0 Å². The van der Waals surface area contributed by atoms with Gasteiger partial charge in [-0.3, -0.25) is 14.5 Å². The van der Waals surface area contributed by atoms with Gasteiger partial charge in [-0.2, -0.15) is 0 Å². The van der Waals surface area contributed by atoms with Crippen LogP contribution in [0.3, 0.4) is 0 Å². The summed E-state index contributed by atoms with van der Waals surface area (Å²) >= 11 is 0. The number of aliphatic hydroxyl groups excluding tert-OH is 1. The number of β-amino-alcohol motifs (C(OH)–C–C–N with tert-alkyl or cyclic N) is 1. The summed E-state index contributed by atoms with van der Waals surface area (Å²) in [6, 6.07) is 12.3. The SMILES string of the molecule is COc1ccc(-c2c(C)oc3cc(OCC(=O)N4CCN(CCO)CC4)ccc3c2=O)cc1. The van der Waals surface area contributed by atoms with Crippen molar-refractivity contribution in [2.75, 3.05) is 53.0 Å². The number of carbonyl (C=O) groups is 1. The summed E-state index contributed by atoms with van der Waals surface area (Å²) < 4.78 is 16.8. The molecule has 1 N–H and O–H groups in total. The summed E-state index contributed by atoms with van der Waals surface area (Å²) in [4.78, 5) is 29.5. The molecule has 0 bridgehead atoms. The number of piperazine rings is 1. The predicted molar refractivity (Wildman–Crippen MR) is 125 cm³/mol. The molecule has 3 aromatic rings. The number of amides is 1. The molecule has 1 aliphatic heterocycles. The van der Waals surface area contributed by atoms with Gasteiger partial charge in [0.25, 0.3) is 5.91 Å². The molecule has 2 heterocycles. The number of methoxy groups -OCH3 is 1. The Kier molecular flexibility index (Phi) is 6.96. The average Bonchev–Trinajstić information content (AvgIpc) is 2.83. The van der Waals surface area contributed by atoms with Crippen LogP contribution in [0.5, 0.6) is 11.5 Å². The standard InChI is InChI=1S/C25H28N2O6/c1-17-24(18-3-5-19(31-2)6-4-18)25(30)21-8-7-20(15-22(21)33-17)32-16-23(29)27-11-9-26(10-12-27)13-14-28/h3-8,15,28H,9-14,16H2,1-2H3. The summed E-state index contributed by atoms with van der Waals surface area (Å²) in [6.07, 6.45) is 0. The summed E-state index contributed by atoms with van der Waals surface area (Å²) in [6.45, 7) is 5.12. The van der Waals surface area contributed by atoms with Crippen LogP contribution in [-0.2, 0) is 4.79 Å². The second kappa shape index (κ2) is 10.1. The number of carbonyl (C=O) groups excluding carboxylic acids is 1. The third kappa shape index (κ3) is 5.02. The topological polar surface area (TPSA) is 92.5 Å². The first kappa shape index (κ1) is 22.8. The molecule has 0 spiro atoms. The van der Waals surface area contributed by atoms with E-state index in [1.54, 1.807) is 49.3 Å². The largest absolute Gasteiger partial charge is 0.497 e. The van der Waals surface area contributed by atoms with Crippen LogP contribution < -0.4 is 14.9 Å². The van der Waals surface area contributed by atoms with E-state index >= 15 is 0 Å². The van der Waals surface area contributed by atoms with E-state index in [9.17, 15) is 9.59 Å². The molecule has 1 aliphatic rings. The lowest BCUT2D eigenvalue weighted by Crippen LogP contribution is -2.50. The van der Waals surface area contributed by atoms with Gasteiger partial charge in [0, 0.05) is 38.8 Å². The van der Waals surface area contributed by atoms with E-state index in [0.717, 1.165) is 18.7 Å². The third-order valence-electron chi connectivity index (χ3n) is 5.92. The maximum atomic E-state index is 13.1. The lowest BCUT2D eigenvalue weighted by Gasteiger charge is -2.34. The van der Waals surface area contributed by atoms with Crippen molar-refractivity contribution in [3.8, 4) is 22.6 Å². The number of rotatable bonds is 7. The van der Waals surface area contributed by atoms with Crippen LogP contribution >= 0.6 is 0 Å². The molecular formula is C25H28N2O6. The zero-order valence-electron chi connectivity index (χ0n) is 18.9. The van der Waals surface area contributed by atoms with Crippen LogP contribution in [0.15, 0.2) is 51.7 Å². The van der Waals surface area contributed by atoms with E-state index in [4.69, 9.17) is 19.0 Å². The first-order valence-corrected chi connectivity index (χ1v) is 11.0. The normalized spacial score (nSPS) is 14.5. The lowest BCUT2D eigenvalue weighted by molar-refractivity contribution is -0.135. The predicted octanol–water partition coefficient (Wildman–Crippen LogP) is 2.29. The molecule has 1 fully saturated rings. The molecule has 0 aliphatic carbocycles. The van der Waals surface area contributed by atoms with Gasteiger partial charge in [0.1, 0.15) is 22.8 Å². The van der Waals surface area contributed by atoms with Crippen molar-refractivity contribution in [2.45, 2.75) is 6.92 Å². The van der Waals surface area contributed by atoms with Gasteiger partial charge in [-0.1, -0.05) is 12.1 Å². The number of fused-ring (bicyclic) bond motifs is 1. The smallest absolute Gasteiger partial charge is 0.260 e. The van der Waals surface area contributed by atoms with Gasteiger partial charge < -0.3 is 23.9 Å². The maximum Gasteiger partial charge on any atom is 0.260 e. The number of aliphatic hydroxyl groups is 1. The van der Waals surface area contributed by atoms with Gasteiger partial charge in [-0.15, -0.1) is 0 Å². The number of benzene rings is 2. The van der Waals surface area contributed by atoms with Gasteiger partial charge in [0.2, 0.25) is 5.43 Å². The fourth-order valence-corrected chi connectivity index (χ4v) is 4.07. The maximum absolute atomic E-state index is 13.1. The molecule has 0 unspecified atom stereocenters. The number of hydrogen-bond donors (Lipinski definition) is 1. The molecule has 1 aromatic heterocycles. The molecule has 0 atom stereocenters. The Bertz CT molecular complexity index is 1180. The Morgan fingerprint density at radius 1 is 1.06 bits per heavy atom. The Morgan fingerprint density at radius 2 is 1.76 bits per heavy atom. The molecule has 33 heavy (non-hydrogen) atoms. The van der Waals surface area contributed by atoms with Gasteiger partial charge >= 0.3 is 0 Å². The molecule has 2 aromatic carbocycles. The van der Waals surface area contributed by atoms with Gasteiger partial charge in [-0.25, -0.2) is 0 Å². The quantitative estimate of drug-likeness (QED) is 0.588. The highest BCUT2D eigenvalue weighted by atomic mass is 16.5. The summed E-state index contributed by atoms with van der Waals surface area (Å²) in [7, 11) is 1.59. The third-order valence-corrected chi connectivity index (χ3v) is 5.92. The summed E-state index contributed by atoms with van der Waals surface area (Å²) in [5.41, 5.74) is 1.56. The first-order chi connectivity index (χ1) is 16.0. The summed E-state index contributed by atoms with van der Waals surface area (Å²) in [5.74, 6) is 1.59. The monoisotopic (exact) mass is 452 g/mol. The molecule has 0 radical (unpaired) electrons. The Hall–Kier alpha value is -3.36. The molecule has 8 heteroatoms. The molecule has 1 saturated heterocycles. The highest BCUT2D eigenvalue weighted by Gasteiger charge is 2.21. The van der Waals surface area contributed by atoms with Crippen LogP contribution in [0.25, 0.3) is 22.1 Å². The van der Waals surface area contributed by atoms with E-state index in [-0.39, 0.29) is 24.5 Å². The average molecular weight is 453 g/mol. The van der Waals surface area contributed by atoms with E-state index < -0.39 is 0 Å². The fourth-order valence-electron chi connectivity index (χ4n) is 4.07. The minimum absolute atomic E-state index is 0.0847. The van der Waals surface area contributed by atoms with Crippen molar-refractivity contribution in [1.29, 1.82) is 0 Å². The minimum Gasteiger partial charge on any atom is -0.497 e. The van der Waals surface area contributed by atoms with Crippen LogP contribution in [0.2, 0.25) is 0 Å². The minimum atomic E-state index is -0.123. The first-order valence-electron chi connectivity index (χ1n) is 11.0. The van der Waals surface area contributed by atoms with Crippen LogP contribution in [0, 0.1) is 6.92 Å². The second-order valence-electron chi connectivity index (χ2n) is 7.98. The van der Waals surface area contributed by atoms with Crippen molar-refractivity contribution in [3.63, 3.8) is 0 Å². The van der Waals surface area contributed by atoms with Gasteiger partial charge in [0.15, 0.2) is 6.61 Å². The molecule has 1 amide bonds. The number of nitrogens with zero attached hydrogens (tertiary/aromatic N) is 2. The van der Waals surface area contributed by atoms with Gasteiger partial charge in [-0.05, 0) is 36.8 Å². The van der Waals surface area contributed by atoms with Crippen molar-refractivity contribution >= 4 is 16.9 Å². The van der Waals surface area contributed by atoms with E-state index in [0.29, 0.717) is 53.4 Å². The highest BCUT2D eigenvalue weighted by molar-refractivity contribution is 5.84. The fraction of sp³-hybridized carbons (Fsp3) is 0.360. The van der Waals surface area contributed by atoms with Crippen molar-refractivity contribution in [3.05, 3.63) is 58.4 Å². The zero-order chi connectivity index (χ0) is 23.4. The second-order valence-corrected chi connectivity index (χ2v) is 7.98. The Balaban J connectivity index is 1.47. The Labute approximate surface area is 191 Å². The van der Waals surface area contributed by atoms with Crippen molar-refractivity contribution in [2.24, 2.45) is 0 Å². The molecular weight excluding hydrogens is 424 g/mol. The summed E-state index contributed by atoms with van der Waals surface area (Å²) in [5, 5.41) is 9.48.